The lowest BCUT2D eigenvalue weighted by Gasteiger charge is -2.12. The van der Waals surface area contributed by atoms with Gasteiger partial charge in [0.2, 0.25) is 5.91 Å². The minimum absolute atomic E-state index is 0.0951. The van der Waals surface area contributed by atoms with Crippen molar-refractivity contribution in [2.24, 2.45) is 4.99 Å². The molecule has 0 aromatic heterocycles. The van der Waals surface area contributed by atoms with Crippen LogP contribution in [0.25, 0.3) is 0 Å². The predicted molar refractivity (Wildman–Crippen MR) is 130 cm³/mol. The summed E-state index contributed by atoms with van der Waals surface area (Å²) in [6, 6.07) is 11.2. The van der Waals surface area contributed by atoms with Gasteiger partial charge in [0, 0.05) is 11.4 Å². The lowest BCUT2D eigenvalue weighted by Crippen LogP contribution is -2.15. The fourth-order valence-electron chi connectivity index (χ4n) is 3.05. The van der Waals surface area contributed by atoms with Crippen LogP contribution in [0, 0.1) is 13.8 Å². The molecule has 1 aliphatic rings. The monoisotopic (exact) mass is 453 g/mol. The highest BCUT2D eigenvalue weighted by Gasteiger charge is 2.17. The van der Waals surface area contributed by atoms with Gasteiger partial charge in [-0.05, 0) is 74.4 Å². The molecular weight excluding hydrogens is 426 g/mol. The fourth-order valence-corrected chi connectivity index (χ4v) is 3.79. The van der Waals surface area contributed by atoms with E-state index in [1.165, 1.54) is 11.8 Å². The molecule has 2 N–H and O–H groups in total. The van der Waals surface area contributed by atoms with Gasteiger partial charge in [0.25, 0.3) is 0 Å². The van der Waals surface area contributed by atoms with E-state index in [2.05, 4.69) is 10.6 Å². The van der Waals surface area contributed by atoms with Crippen LogP contribution in [0.2, 0.25) is 0 Å². The van der Waals surface area contributed by atoms with Crippen molar-refractivity contribution in [1.82, 2.24) is 0 Å². The maximum Gasteiger partial charge on any atom is 0.311 e. The van der Waals surface area contributed by atoms with Gasteiger partial charge in [0.15, 0.2) is 0 Å². The molecule has 0 unspecified atom stereocenters. The first kappa shape index (κ1) is 23.4. The van der Waals surface area contributed by atoms with E-state index in [4.69, 9.17) is 14.5 Å². The molecule has 0 bridgehead atoms. The molecule has 32 heavy (non-hydrogen) atoms. The zero-order valence-electron chi connectivity index (χ0n) is 18.7. The SMILES string of the molecule is CCOC(=O)CC1=CC(SCC(=O)Nc2ccc(OC)cc2)=Nc2cc(C)c(C)cc2N1. The molecule has 1 aliphatic heterocycles. The molecule has 1 heterocycles. The summed E-state index contributed by atoms with van der Waals surface area (Å²) in [6.45, 7) is 6.15. The minimum atomic E-state index is -0.319. The number of carbonyl (C=O) groups is 2. The van der Waals surface area contributed by atoms with Crippen molar-refractivity contribution >= 4 is 45.7 Å². The summed E-state index contributed by atoms with van der Waals surface area (Å²) < 4.78 is 10.2. The predicted octanol–water partition coefficient (Wildman–Crippen LogP) is 4.98. The van der Waals surface area contributed by atoms with E-state index >= 15 is 0 Å². The van der Waals surface area contributed by atoms with Crippen LogP contribution in [-0.2, 0) is 14.3 Å². The number of ether oxygens (including phenoxy) is 2. The lowest BCUT2D eigenvalue weighted by atomic mass is 10.1. The van der Waals surface area contributed by atoms with Crippen LogP contribution >= 0.6 is 11.8 Å². The smallest absolute Gasteiger partial charge is 0.311 e. The molecule has 1 amide bonds. The number of hydrogen-bond acceptors (Lipinski definition) is 7. The number of benzene rings is 2. The third kappa shape index (κ3) is 6.37. The Morgan fingerprint density at radius 1 is 1.12 bits per heavy atom. The number of aliphatic imine (C=N–C) groups is 1. The summed E-state index contributed by atoms with van der Waals surface area (Å²) >= 11 is 1.31. The molecule has 7 nitrogen and oxygen atoms in total. The minimum Gasteiger partial charge on any atom is -0.497 e. The maximum atomic E-state index is 12.5. The first-order valence-corrected chi connectivity index (χ1v) is 11.3. The zero-order valence-corrected chi connectivity index (χ0v) is 19.5. The number of methoxy groups -OCH3 is 1. The number of esters is 1. The van der Waals surface area contributed by atoms with Crippen molar-refractivity contribution in [3.63, 3.8) is 0 Å². The van der Waals surface area contributed by atoms with Gasteiger partial charge in [-0.3, -0.25) is 9.59 Å². The molecule has 0 radical (unpaired) electrons. The van der Waals surface area contributed by atoms with Crippen molar-refractivity contribution in [3.05, 3.63) is 59.3 Å². The normalized spacial score (nSPS) is 12.5. The molecule has 0 spiro atoms. The van der Waals surface area contributed by atoms with Crippen LogP contribution in [0.3, 0.4) is 0 Å². The van der Waals surface area contributed by atoms with Crippen molar-refractivity contribution in [2.75, 3.05) is 30.1 Å². The molecule has 0 atom stereocenters. The first-order valence-electron chi connectivity index (χ1n) is 10.3. The second kappa shape index (κ2) is 10.9. The summed E-state index contributed by atoms with van der Waals surface area (Å²) in [7, 11) is 1.59. The Hall–Kier alpha value is -3.26. The second-order valence-corrected chi connectivity index (χ2v) is 8.24. The third-order valence-corrected chi connectivity index (χ3v) is 5.71. The molecule has 168 valence electrons. The quantitative estimate of drug-likeness (QED) is 0.575. The number of nitrogens with zero attached hydrogens (tertiary/aromatic N) is 1. The number of rotatable bonds is 7. The highest BCUT2D eigenvalue weighted by Crippen LogP contribution is 2.34. The number of hydrogen-bond donors (Lipinski definition) is 2. The molecule has 0 saturated carbocycles. The molecule has 2 aromatic rings. The Morgan fingerprint density at radius 2 is 1.84 bits per heavy atom. The first-order chi connectivity index (χ1) is 15.4. The van der Waals surface area contributed by atoms with E-state index in [1.807, 2.05) is 26.0 Å². The number of amides is 1. The van der Waals surface area contributed by atoms with Crippen LogP contribution in [0.4, 0.5) is 17.1 Å². The highest BCUT2D eigenvalue weighted by atomic mass is 32.2. The van der Waals surface area contributed by atoms with Gasteiger partial charge in [-0.15, -0.1) is 0 Å². The van der Waals surface area contributed by atoms with Crippen LogP contribution in [0.15, 0.2) is 53.2 Å². The summed E-state index contributed by atoms with van der Waals surface area (Å²) in [5, 5.41) is 6.81. The maximum absolute atomic E-state index is 12.5. The van der Waals surface area contributed by atoms with E-state index in [-0.39, 0.29) is 24.1 Å². The van der Waals surface area contributed by atoms with Gasteiger partial charge in [-0.1, -0.05) is 11.8 Å². The van der Waals surface area contributed by atoms with Crippen molar-refractivity contribution in [2.45, 2.75) is 27.2 Å². The highest BCUT2D eigenvalue weighted by molar-refractivity contribution is 8.14. The zero-order chi connectivity index (χ0) is 23.1. The van der Waals surface area contributed by atoms with Crippen molar-refractivity contribution in [1.29, 1.82) is 0 Å². The topological polar surface area (TPSA) is 89.0 Å². The van der Waals surface area contributed by atoms with Crippen LogP contribution in [-0.4, -0.2) is 36.4 Å². The molecular formula is C24H27N3O4S. The Labute approximate surface area is 192 Å². The number of fused-ring (bicyclic) bond motifs is 1. The standard InChI is InChI=1S/C24H27N3O4S/c1-5-31-24(29)13-18-12-23(27-21-11-16(3)15(2)10-20(21)25-18)32-14-22(28)26-17-6-8-19(30-4)9-7-17/h6-12,25H,5,13-14H2,1-4H3,(H,26,28). The van der Waals surface area contributed by atoms with Gasteiger partial charge < -0.3 is 20.1 Å². The molecule has 8 heteroatoms. The average Bonchev–Trinajstić information content (AvgIpc) is 2.91. The van der Waals surface area contributed by atoms with E-state index in [1.54, 1.807) is 44.4 Å². The number of anilines is 2. The van der Waals surface area contributed by atoms with E-state index in [0.29, 0.717) is 23.0 Å². The number of carbonyl (C=O) groups excluding carboxylic acids is 2. The summed E-state index contributed by atoms with van der Waals surface area (Å²) in [5.74, 6) is 0.427. The van der Waals surface area contributed by atoms with Gasteiger partial charge in [0.1, 0.15) is 5.75 Å². The van der Waals surface area contributed by atoms with Gasteiger partial charge in [-0.25, -0.2) is 4.99 Å². The second-order valence-electron chi connectivity index (χ2n) is 7.25. The van der Waals surface area contributed by atoms with E-state index in [0.717, 1.165) is 28.3 Å². The Morgan fingerprint density at radius 3 is 2.53 bits per heavy atom. The molecule has 0 fully saturated rings. The van der Waals surface area contributed by atoms with E-state index < -0.39 is 0 Å². The Balaban J connectivity index is 1.75. The van der Waals surface area contributed by atoms with E-state index in [9.17, 15) is 9.59 Å². The van der Waals surface area contributed by atoms with Crippen LogP contribution in [0.5, 0.6) is 5.75 Å². The number of aryl methyl sites for hydroxylation is 2. The average molecular weight is 454 g/mol. The number of nitrogens with one attached hydrogen (secondary N) is 2. The lowest BCUT2D eigenvalue weighted by molar-refractivity contribution is -0.142. The van der Waals surface area contributed by atoms with Crippen molar-refractivity contribution in [3.8, 4) is 5.75 Å². The van der Waals surface area contributed by atoms with Crippen LogP contribution < -0.4 is 15.4 Å². The molecule has 3 rings (SSSR count). The van der Waals surface area contributed by atoms with Gasteiger partial charge in [-0.2, -0.15) is 0 Å². The number of thioether (sulfide) groups is 1. The van der Waals surface area contributed by atoms with Crippen molar-refractivity contribution < 1.29 is 19.1 Å². The largest absolute Gasteiger partial charge is 0.497 e. The fraction of sp³-hybridized carbons (Fsp3) is 0.292. The molecule has 0 aliphatic carbocycles. The molecule has 0 saturated heterocycles. The summed E-state index contributed by atoms with van der Waals surface area (Å²) in [5.41, 5.74) is 5.19. The summed E-state index contributed by atoms with van der Waals surface area (Å²) in [4.78, 5) is 29.2. The Bertz CT molecular complexity index is 1060. The molecule has 2 aromatic carbocycles. The van der Waals surface area contributed by atoms with Crippen LogP contribution in [0.1, 0.15) is 24.5 Å². The third-order valence-electron chi connectivity index (χ3n) is 4.80. The Kier molecular flexibility index (Phi) is 7.94. The summed E-state index contributed by atoms with van der Waals surface area (Å²) in [6.07, 6.45) is 1.89. The van der Waals surface area contributed by atoms with Gasteiger partial charge in [0.05, 0.1) is 42.3 Å². The van der Waals surface area contributed by atoms with Gasteiger partial charge >= 0.3 is 5.97 Å².